The van der Waals surface area contributed by atoms with E-state index in [2.05, 4.69) is 31.9 Å². The van der Waals surface area contributed by atoms with Crippen LogP contribution < -0.4 is 0 Å². The number of hydrogen-bond donors (Lipinski definition) is 0. The number of rotatable bonds is 4. The number of carbonyl (C=O) groups excluding carboxylic acids is 2. The fourth-order valence-corrected chi connectivity index (χ4v) is 5.49. The summed E-state index contributed by atoms with van der Waals surface area (Å²) in [6.45, 7) is 7.66. The first-order valence-electron chi connectivity index (χ1n) is 8.31. The van der Waals surface area contributed by atoms with Gasteiger partial charge in [0.25, 0.3) is 0 Å². The summed E-state index contributed by atoms with van der Waals surface area (Å²) in [6, 6.07) is 0. The number of carbonyl (C=O) groups is 2. The molecule has 0 aliphatic rings. The van der Waals surface area contributed by atoms with E-state index in [0.717, 1.165) is 27.8 Å². The van der Waals surface area contributed by atoms with E-state index >= 15 is 0 Å². The minimum absolute atomic E-state index is 0.0258. The van der Waals surface area contributed by atoms with Crippen molar-refractivity contribution in [2.75, 3.05) is 0 Å². The summed E-state index contributed by atoms with van der Waals surface area (Å²) >= 11 is 31.2. The van der Waals surface area contributed by atoms with Gasteiger partial charge in [-0.1, -0.05) is 78.3 Å². The van der Waals surface area contributed by atoms with Crippen LogP contribution in [-0.4, -0.2) is 11.9 Å². The maximum Gasteiger partial charge on any atom is 0.347 e. The highest BCUT2D eigenvalue weighted by molar-refractivity contribution is 9.08. The zero-order valence-electron chi connectivity index (χ0n) is 15.9. The predicted octanol–water partition coefficient (Wildman–Crippen LogP) is 8.32. The number of benzene rings is 2. The molecule has 0 aromatic heterocycles. The van der Waals surface area contributed by atoms with Gasteiger partial charge in [-0.2, -0.15) is 0 Å². The zero-order valence-corrected chi connectivity index (χ0v) is 22.1. The van der Waals surface area contributed by atoms with E-state index in [0.29, 0.717) is 10.9 Å². The zero-order chi connectivity index (χ0) is 22.2. The molecule has 156 valence electrons. The molecule has 0 unspecified atom stereocenters. The number of ether oxygens (including phenoxy) is 1. The van der Waals surface area contributed by atoms with Gasteiger partial charge >= 0.3 is 11.9 Å². The average molecular weight is 606 g/mol. The van der Waals surface area contributed by atoms with Crippen molar-refractivity contribution in [3.05, 3.63) is 64.6 Å². The Labute approximate surface area is 206 Å². The largest absolute Gasteiger partial charge is 0.386 e. The van der Waals surface area contributed by atoms with Crippen LogP contribution in [0.5, 0.6) is 0 Å². The van der Waals surface area contributed by atoms with Crippen molar-refractivity contribution in [3.8, 4) is 0 Å². The topological polar surface area (TPSA) is 43.4 Å². The monoisotopic (exact) mass is 602 g/mol. The van der Waals surface area contributed by atoms with E-state index < -0.39 is 11.9 Å². The first kappa shape index (κ1) is 25.0. The predicted molar refractivity (Wildman–Crippen MR) is 127 cm³/mol. The molecule has 3 nitrogen and oxygen atoms in total. The van der Waals surface area contributed by atoms with Crippen molar-refractivity contribution in [2.24, 2.45) is 0 Å². The summed E-state index contributed by atoms with van der Waals surface area (Å²) in [5, 5.41) is 0.486. The van der Waals surface area contributed by atoms with Crippen LogP contribution in [0.1, 0.15) is 54.1 Å². The number of esters is 2. The molecular formula is C20H16Br2Cl4O3. The lowest BCUT2D eigenvalue weighted by Crippen LogP contribution is -2.19. The van der Waals surface area contributed by atoms with Gasteiger partial charge in [0.15, 0.2) is 0 Å². The van der Waals surface area contributed by atoms with Crippen molar-refractivity contribution >= 4 is 90.2 Å². The van der Waals surface area contributed by atoms with E-state index in [9.17, 15) is 9.59 Å². The Balaban J connectivity index is 2.58. The maximum atomic E-state index is 13.0. The van der Waals surface area contributed by atoms with E-state index in [1.54, 1.807) is 0 Å². The molecule has 0 N–H and O–H groups in total. The van der Waals surface area contributed by atoms with Crippen LogP contribution in [0.2, 0.25) is 20.1 Å². The summed E-state index contributed by atoms with van der Waals surface area (Å²) in [4.78, 5) is 25.9. The lowest BCUT2D eigenvalue weighted by molar-refractivity contribution is 0.0396. The molecule has 0 saturated heterocycles. The second-order valence-corrected chi connectivity index (χ2v) is 9.04. The molecule has 0 spiro atoms. The SMILES string of the molecule is Cc1c(C)c(C)c(C(=O)OC(=O)c2c(Cl)c(Cl)c(Cl)c(Cl)c2CBr)c(CBr)c1C. The van der Waals surface area contributed by atoms with Crippen molar-refractivity contribution in [1.29, 1.82) is 0 Å². The van der Waals surface area contributed by atoms with E-state index in [1.165, 1.54) is 0 Å². The first-order chi connectivity index (χ1) is 13.5. The van der Waals surface area contributed by atoms with Gasteiger partial charge in [-0.05, 0) is 61.1 Å². The molecule has 0 aliphatic carbocycles. The Hall–Kier alpha value is -0.300. The van der Waals surface area contributed by atoms with Crippen LogP contribution in [0.3, 0.4) is 0 Å². The van der Waals surface area contributed by atoms with Crippen LogP contribution >= 0.6 is 78.3 Å². The van der Waals surface area contributed by atoms with Crippen LogP contribution in [0.4, 0.5) is 0 Å². The number of hydrogen-bond acceptors (Lipinski definition) is 3. The molecule has 0 amide bonds. The van der Waals surface area contributed by atoms with Gasteiger partial charge < -0.3 is 4.74 Å². The number of halogens is 6. The van der Waals surface area contributed by atoms with Crippen molar-refractivity contribution in [2.45, 2.75) is 38.4 Å². The van der Waals surface area contributed by atoms with Gasteiger partial charge in [-0.15, -0.1) is 0 Å². The van der Waals surface area contributed by atoms with E-state index in [1.807, 2.05) is 27.7 Å². The fourth-order valence-electron chi connectivity index (χ4n) is 3.04. The molecular weight excluding hydrogens is 590 g/mol. The standard InChI is InChI=1S/C20H16Br2Cl4O3/c1-7-8(2)10(4)13(11(5-21)9(7)3)19(27)29-20(28)14-12(6-22)15(23)17(25)18(26)16(14)24/h5-6H2,1-4H3. The highest BCUT2D eigenvalue weighted by Gasteiger charge is 2.29. The van der Waals surface area contributed by atoms with E-state index in [4.69, 9.17) is 51.1 Å². The molecule has 29 heavy (non-hydrogen) atoms. The smallest absolute Gasteiger partial charge is 0.347 e. The molecule has 2 aromatic carbocycles. The molecule has 2 rings (SSSR count). The molecule has 0 bridgehead atoms. The van der Waals surface area contributed by atoms with Crippen molar-refractivity contribution in [1.82, 2.24) is 0 Å². The van der Waals surface area contributed by atoms with Gasteiger partial charge in [-0.25, -0.2) is 9.59 Å². The summed E-state index contributed by atoms with van der Waals surface area (Å²) < 4.78 is 5.20. The summed E-state index contributed by atoms with van der Waals surface area (Å²) in [6.07, 6.45) is 0. The maximum absolute atomic E-state index is 13.0. The fraction of sp³-hybridized carbons (Fsp3) is 0.300. The second kappa shape index (κ2) is 9.88. The van der Waals surface area contributed by atoms with Crippen LogP contribution in [0, 0.1) is 27.7 Å². The number of alkyl halides is 2. The van der Waals surface area contributed by atoms with Crippen LogP contribution in [0.15, 0.2) is 0 Å². The molecule has 0 atom stereocenters. The summed E-state index contributed by atoms with van der Waals surface area (Å²) in [7, 11) is 0. The molecule has 0 saturated carbocycles. The quantitative estimate of drug-likeness (QED) is 0.116. The molecule has 9 heteroatoms. The molecule has 0 radical (unpaired) electrons. The van der Waals surface area contributed by atoms with Crippen molar-refractivity contribution < 1.29 is 14.3 Å². The Morgan fingerprint density at radius 3 is 1.62 bits per heavy atom. The summed E-state index contributed by atoms with van der Waals surface area (Å²) in [5.41, 5.74) is 5.05. The Morgan fingerprint density at radius 1 is 0.655 bits per heavy atom. The minimum Gasteiger partial charge on any atom is -0.386 e. The van der Waals surface area contributed by atoms with Gasteiger partial charge in [0, 0.05) is 10.7 Å². The van der Waals surface area contributed by atoms with Crippen LogP contribution in [-0.2, 0) is 15.4 Å². The minimum atomic E-state index is -0.953. The van der Waals surface area contributed by atoms with Gasteiger partial charge in [0.05, 0.1) is 31.2 Å². The summed E-state index contributed by atoms with van der Waals surface area (Å²) in [5.74, 6) is -1.72. The normalized spacial score (nSPS) is 11.0. The highest BCUT2D eigenvalue weighted by atomic mass is 79.9. The molecule has 0 heterocycles. The second-order valence-electron chi connectivity index (χ2n) is 6.41. The third-order valence-corrected chi connectivity index (χ3v) is 8.00. The Morgan fingerprint density at radius 2 is 1.10 bits per heavy atom. The third-order valence-electron chi connectivity index (χ3n) is 5.04. The lowest BCUT2D eigenvalue weighted by atomic mass is 9.89. The first-order valence-corrected chi connectivity index (χ1v) is 12.1. The van der Waals surface area contributed by atoms with Gasteiger partial charge in [0.2, 0.25) is 0 Å². The molecule has 0 aliphatic heterocycles. The highest BCUT2D eigenvalue weighted by Crippen LogP contribution is 2.42. The third kappa shape index (κ3) is 4.51. The van der Waals surface area contributed by atoms with Crippen LogP contribution in [0.25, 0.3) is 0 Å². The Bertz CT molecular complexity index is 954. The van der Waals surface area contributed by atoms with Gasteiger partial charge in [0.1, 0.15) is 0 Å². The average Bonchev–Trinajstić information content (AvgIpc) is 2.69. The Kier molecular flexibility index (Phi) is 8.51. The van der Waals surface area contributed by atoms with Gasteiger partial charge in [-0.3, -0.25) is 0 Å². The van der Waals surface area contributed by atoms with E-state index in [-0.39, 0.29) is 36.5 Å². The molecule has 0 fully saturated rings. The van der Waals surface area contributed by atoms with Crippen molar-refractivity contribution in [3.63, 3.8) is 0 Å². The molecule has 2 aromatic rings. The lowest BCUT2D eigenvalue weighted by Gasteiger charge is -2.19.